The van der Waals surface area contributed by atoms with E-state index >= 15 is 0 Å². The van der Waals surface area contributed by atoms with E-state index in [2.05, 4.69) is 0 Å². The van der Waals surface area contributed by atoms with Crippen LogP contribution in [0.3, 0.4) is 0 Å². The summed E-state index contributed by atoms with van der Waals surface area (Å²) >= 11 is 0. The zero-order valence-electron chi connectivity index (χ0n) is 17.5. The number of anilines is 1. The van der Waals surface area contributed by atoms with Crippen molar-refractivity contribution < 1.29 is 24.2 Å². The summed E-state index contributed by atoms with van der Waals surface area (Å²) in [6.45, 7) is 5.22. The maximum Gasteiger partial charge on any atom is 0.415 e. The number of ether oxygens (including phenoxy) is 2. The van der Waals surface area contributed by atoms with Gasteiger partial charge < -0.3 is 14.6 Å². The second-order valence-electron chi connectivity index (χ2n) is 7.90. The Hall–Kier alpha value is -3.54. The van der Waals surface area contributed by atoms with Gasteiger partial charge in [0.15, 0.2) is 6.04 Å². The van der Waals surface area contributed by atoms with Crippen LogP contribution in [-0.2, 0) is 9.53 Å². The SMILES string of the molecule is COc1ccc(N(C(=O)OC(C)(C)C)[C@H](C(=O)O)c2ccc3ccccc3c2)cc1. The molecule has 30 heavy (non-hydrogen) atoms. The van der Waals surface area contributed by atoms with Crippen molar-refractivity contribution in [3.63, 3.8) is 0 Å². The van der Waals surface area contributed by atoms with Gasteiger partial charge in [0.1, 0.15) is 11.4 Å². The number of rotatable bonds is 5. The second-order valence-corrected chi connectivity index (χ2v) is 7.90. The highest BCUT2D eigenvalue weighted by molar-refractivity contribution is 5.97. The summed E-state index contributed by atoms with van der Waals surface area (Å²) in [5.41, 5.74) is 0.0855. The molecule has 3 aromatic carbocycles. The van der Waals surface area contributed by atoms with Crippen molar-refractivity contribution in [3.8, 4) is 5.75 Å². The van der Waals surface area contributed by atoms with Crippen molar-refractivity contribution in [1.29, 1.82) is 0 Å². The summed E-state index contributed by atoms with van der Waals surface area (Å²) < 4.78 is 10.7. The number of fused-ring (bicyclic) bond motifs is 1. The summed E-state index contributed by atoms with van der Waals surface area (Å²) in [7, 11) is 1.54. The molecule has 3 rings (SSSR count). The van der Waals surface area contributed by atoms with Crippen LogP contribution in [-0.4, -0.2) is 29.9 Å². The summed E-state index contributed by atoms with van der Waals surface area (Å²) in [6.07, 6.45) is -0.742. The monoisotopic (exact) mass is 407 g/mol. The van der Waals surface area contributed by atoms with Gasteiger partial charge in [-0.3, -0.25) is 4.90 Å². The summed E-state index contributed by atoms with van der Waals surface area (Å²) in [5, 5.41) is 12.0. The molecule has 0 aliphatic carbocycles. The Kier molecular flexibility index (Phi) is 5.96. The number of methoxy groups -OCH3 is 1. The molecule has 0 spiro atoms. The minimum absolute atomic E-state index is 0.394. The third-order valence-electron chi connectivity index (χ3n) is 4.52. The molecule has 0 aromatic heterocycles. The first-order valence-electron chi connectivity index (χ1n) is 9.57. The number of benzene rings is 3. The van der Waals surface area contributed by atoms with E-state index in [1.54, 1.807) is 57.2 Å². The molecule has 0 aliphatic heterocycles. The molecule has 1 amide bonds. The van der Waals surface area contributed by atoms with Crippen LogP contribution in [0, 0.1) is 0 Å². The van der Waals surface area contributed by atoms with Gasteiger partial charge in [0.2, 0.25) is 0 Å². The zero-order chi connectivity index (χ0) is 21.9. The van der Waals surface area contributed by atoms with Crippen LogP contribution >= 0.6 is 0 Å². The first-order chi connectivity index (χ1) is 14.2. The van der Waals surface area contributed by atoms with E-state index in [1.807, 2.05) is 30.3 Å². The van der Waals surface area contributed by atoms with Crippen LogP contribution in [0.5, 0.6) is 5.75 Å². The average Bonchev–Trinajstić information content (AvgIpc) is 2.70. The quantitative estimate of drug-likeness (QED) is 0.611. The molecule has 6 heteroatoms. The molecule has 0 aliphatic rings. The van der Waals surface area contributed by atoms with Gasteiger partial charge in [0, 0.05) is 5.69 Å². The van der Waals surface area contributed by atoms with Gasteiger partial charge in [0.25, 0.3) is 0 Å². The van der Waals surface area contributed by atoms with Gasteiger partial charge in [-0.05, 0) is 67.4 Å². The number of carbonyl (C=O) groups is 2. The van der Waals surface area contributed by atoms with Crippen LogP contribution in [0.4, 0.5) is 10.5 Å². The van der Waals surface area contributed by atoms with Crippen molar-refractivity contribution in [2.24, 2.45) is 0 Å². The predicted molar refractivity (Wildman–Crippen MR) is 116 cm³/mol. The Labute approximate surface area is 175 Å². The lowest BCUT2D eigenvalue weighted by molar-refractivity contribution is -0.138. The normalized spacial score (nSPS) is 12.3. The topological polar surface area (TPSA) is 76.1 Å². The number of carbonyl (C=O) groups excluding carboxylic acids is 1. The number of amides is 1. The van der Waals surface area contributed by atoms with Crippen LogP contribution in [0.1, 0.15) is 32.4 Å². The van der Waals surface area contributed by atoms with Crippen LogP contribution in [0.25, 0.3) is 10.8 Å². The third kappa shape index (κ3) is 4.71. The fourth-order valence-corrected chi connectivity index (χ4v) is 3.19. The maximum atomic E-state index is 13.1. The van der Waals surface area contributed by atoms with Crippen LogP contribution < -0.4 is 9.64 Å². The van der Waals surface area contributed by atoms with Crippen molar-refractivity contribution >= 4 is 28.5 Å². The summed E-state index contributed by atoms with van der Waals surface area (Å²) in [4.78, 5) is 26.6. The van der Waals surface area contributed by atoms with E-state index in [9.17, 15) is 14.7 Å². The van der Waals surface area contributed by atoms with E-state index in [0.29, 0.717) is 17.0 Å². The minimum Gasteiger partial charge on any atom is -0.497 e. The smallest absolute Gasteiger partial charge is 0.415 e. The van der Waals surface area contributed by atoms with Crippen molar-refractivity contribution in [3.05, 3.63) is 72.3 Å². The van der Waals surface area contributed by atoms with Crippen molar-refractivity contribution in [1.82, 2.24) is 0 Å². The number of hydrogen-bond donors (Lipinski definition) is 1. The zero-order valence-corrected chi connectivity index (χ0v) is 17.5. The van der Waals surface area contributed by atoms with E-state index in [0.717, 1.165) is 15.7 Å². The highest BCUT2D eigenvalue weighted by Gasteiger charge is 2.35. The number of nitrogens with zero attached hydrogens (tertiary/aromatic N) is 1. The molecule has 0 heterocycles. The van der Waals surface area contributed by atoms with Gasteiger partial charge in [-0.25, -0.2) is 9.59 Å². The lowest BCUT2D eigenvalue weighted by Gasteiger charge is -2.32. The molecular formula is C24H25NO5. The van der Waals surface area contributed by atoms with Crippen molar-refractivity contribution in [2.45, 2.75) is 32.4 Å². The highest BCUT2D eigenvalue weighted by Crippen LogP contribution is 2.32. The highest BCUT2D eigenvalue weighted by atomic mass is 16.6. The Bertz CT molecular complexity index is 1050. The largest absolute Gasteiger partial charge is 0.497 e. The van der Waals surface area contributed by atoms with Gasteiger partial charge >= 0.3 is 12.1 Å². The molecule has 3 aromatic rings. The number of aliphatic carboxylic acids is 1. The summed E-state index contributed by atoms with van der Waals surface area (Å²) in [5.74, 6) is -0.563. The van der Waals surface area contributed by atoms with Gasteiger partial charge in [-0.1, -0.05) is 36.4 Å². The van der Waals surface area contributed by atoms with E-state index in [1.165, 1.54) is 7.11 Å². The summed E-state index contributed by atoms with van der Waals surface area (Å²) in [6, 6.07) is 18.4. The molecule has 0 unspecified atom stereocenters. The fourth-order valence-electron chi connectivity index (χ4n) is 3.19. The molecule has 6 nitrogen and oxygen atoms in total. The Morgan fingerprint density at radius 3 is 2.13 bits per heavy atom. The number of hydrogen-bond acceptors (Lipinski definition) is 4. The lowest BCUT2D eigenvalue weighted by Crippen LogP contribution is -2.42. The van der Waals surface area contributed by atoms with E-state index in [-0.39, 0.29) is 0 Å². The number of carboxylic acids is 1. The fraction of sp³-hybridized carbons (Fsp3) is 0.250. The standard InChI is InChI=1S/C24H25NO5/c1-24(2,3)30-23(28)25(19-11-13-20(29-4)14-12-19)21(22(26)27)18-10-9-16-7-5-6-8-17(16)15-18/h5-15,21H,1-4H3,(H,26,27)/t21-/m0/s1. The molecule has 0 bridgehead atoms. The first kappa shape index (κ1) is 21.2. The predicted octanol–water partition coefficient (Wildman–Crippen LogP) is 5.42. The minimum atomic E-state index is -1.27. The molecule has 0 saturated heterocycles. The molecular weight excluding hydrogens is 382 g/mol. The van der Waals surface area contributed by atoms with Gasteiger partial charge in [-0.15, -0.1) is 0 Å². The van der Waals surface area contributed by atoms with Gasteiger partial charge in [0.05, 0.1) is 7.11 Å². The Morgan fingerprint density at radius 2 is 1.57 bits per heavy atom. The number of carboxylic acid groups (broad SMARTS) is 1. The Morgan fingerprint density at radius 1 is 0.933 bits per heavy atom. The molecule has 0 radical (unpaired) electrons. The molecule has 156 valence electrons. The van der Waals surface area contributed by atoms with Crippen molar-refractivity contribution in [2.75, 3.05) is 12.0 Å². The van der Waals surface area contributed by atoms with Gasteiger partial charge in [-0.2, -0.15) is 0 Å². The first-order valence-corrected chi connectivity index (χ1v) is 9.57. The molecule has 0 fully saturated rings. The van der Waals surface area contributed by atoms with E-state index in [4.69, 9.17) is 9.47 Å². The molecule has 1 atom stereocenters. The lowest BCUT2D eigenvalue weighted by atomic mass is 10.0. The average molecular weight is 407 g/mol. The Balaban J connectivity index is 2.12. The second kappa shape index (κ2) is 8.45. The third-order valence-corrected chi connectivity index (χ3v) is 4.52. The van der Waals surface area contributed by atoms with E-state index < -0.39 is 23.7 Å². The maximum absolute atomic E-state index is 13.1. The van der Waals surface area contributed by atoms with Crippen LogP contribution in [0.15, 0.2) is 66.7 Å². The molecule has 1 N–H and O–H groups in total. The molecule has 0 saturated carbocycles. The van der Waals surface area contributed by atoms with Crippen LogP contribution in [0.2, 0.25) is 0 Å².